The van der Waals surface area contributed by atoms with Crippen LogP contribution in [0.2, 0.25) is 0 Å². The van der Waals surface area contributed by atoms with Crippen molar-refractivity contribution >= 4 is 5.91 Å². The quantitative estimate of drug-likeness (QED) is 0.826. The standard InChI is InChI=1S/C13H19N3O2/c1-9(10-3-2-6-15-8-10)16-13(17)12-5-4-11(7-14)18-12/h2-3,6,8-9,11-12H,4-5,7,14H2,1H3,(H,16,17)/t9-,11?,12?/m1/s1. The molecule has 0 spiro atoms. The van der Waals surface area contributed by atoms with Gasteiger partial charge >= 0.3 is 0 Å². The van der Waals surface area contributed by atoms with Crippen LogP contribution in [0.5, 0.6) is 0 Å². The molecule has 3 atom stereocenters. The highest BCUT2D eigenvalue weighted by atomic mass is 16.5. The fourth-order valence-corrected chi connectivity index (χ4v) is 2.09. The third kappa shape index (κ3) is 3.05. The monoisotopic (exact) mass is 249 g/mol. The minimum atomic E-state index is -0.363. The summed E-state index contributed by atoms with van der Waals surface area (Å²) >= 11 is 0. The molecule has 1 amide bonds. The predicted octanol–water partition coefficient (Wildman–Crippen LogP) is 0.765. The van der Waals surface area contributed by atoms with Gasteiger partial charge in [0.15, 0.2) is 0 Å². The molecule has 18 heavy (non-hydrogen) atoms. The van der Waals surface area contributed by atoms with E-state index >= 15 is 0 Å². The molecule has 0 bridgehead atoms. The van der Waals surface area contributed by atoms with E-state index in [0.717, 1.165) is 18.4 Å². The second-order valence-electron chi connectivity index (χ2n) is 4.58. The van der Waals surface area contributed by atoms with Gasteiger partial charge in [-0.2, -0.15) is 0 Å². The number of carbonyl (C=O) groups is 1. The molecule has 98 valence electrons. The fraction of sp³-hybridized carbons (Fsp3) is 0.538. The van der Waals surface area contributed by atoms with Crippen LogP contribution in [0, 0.1) is 0 Å². The average Bonchev–Trinajstić information content (AvgIpc) is 2.88. The lowest BCUT2D eigenvalue weighted by molar-refractivity contribution is -0.132. The summed E-state index contributed by atoms with van der Waals surface area (Å²) in [6.45, 7) is 2.41. The van der Waals surface area contributed by atoms with Crippen LogP contribution in [0.3, 0.4) is 0 Å². The number of hydrogen-bond acceptors (Lipinski definition) is 4. The third-order valence-electron chi connectivity index (χ3n) is 3.21. The van der Waals surface area contributed by atoms with Crippen molar-refractivity contribution in [1.29, 1.82) is 0 Å². The largest absolute Gasteiger partial charge is 0.364 e. The number of hydrogen-bond donors (Lipinski definition) is 2. The van der Waals surface area contributed by atoms with Crippen molar-refractivity contribution in [3.05, 3.63) is 30.1 Å². The van der Waals surface area contributed by atoms with Crippen LogP contribution < -0.4 is 11.1 Å². The summed E-state index contributed by atoms with van der Waals surface area (Å²) in [5.74, 6) is -0.0673. The molecule has 1 aliphatic heterocycles. The predicted molar refractivity (Wildman–Crippen MR) is 67.7 cm³/mol. The first-order valence-electron chi connectivity index (χ1n) is 6.26. The van der Waals surface area contributed by atoms with Gasteiger partial charge in [0.1, 0.15) is 6.10 Å². The maximum atomic E-state index is 12.0. The van der Waals surface area contributed by atoms with Crippen LogP contribution in [0.25, 0.3) is 0 Å². The van der Waals surface area contributed by atoms with E-state index in [-0.39, 0.29) is 24.2 Å². The molecule has 1 aliphatic rings. The number of nitrogens with two attached hydrogens (primary N) is 1. The van der Waals surface area contributed by atoms with E-state index in [2.05, 4.69) is 10.3 Å². The van der Waals surface area contributed by atoms with E-state index in [4.69, 9.17) is 10.5 Å². The van der Waals surface area contributed by atoms with Gasteiger partial charge in [0.2, 0.25) is 5.91 Å². The van der Waals surface area contributed by atoms with Gasteiger partial charge in [0, 0.05) is 18.9 Å². The highest BCUT2D eigenvalue weighted by Crippen LogP contribution is 2.20. The second kappa shape index (κ2) is 5.93. The highest BCUT2D eigenvalue weighted by molar-refractivity contribution is 5.81. The molecule has 1 fully saturated rings. The number of rotatable bonds is 4. The third-order valence-corrected chi connectivity index (χ3v) is 3.21. The minimum Gasteiger partial charge on any atom is -0.364 e. The highest BCUT2D eigenvalue weighted by Gasteiger charge is 2.30. The maximum absolute atomic E-state index is 12.0. The van der Waals surface area contributed by atoms with Crippen molar-refractivity contribution < 1.29 is 9.53 Å². The van der Waals surface area contributed by atoms with E-state index in [1.807, 2.05) is 19.1 Å². The summed E-state index contributed by atoms with van der Waals surface area (Å²) < 4.78 is 5.56. The molecule has 2 heterocycles. The zero-order valence-electron chi connectivity index (χ0n) is 10.5. The van der Waals surface area contributed by atoms with E-state index < -0.39 is 0 Å². The van der Waals surface area contributed by atoms with Crippen LogP contribution in [-0.4, -0.2) is 29.6 Å². The Kier molecular flexibility index (Phi) is 4.28. The molecule has 5 heteroatoms. The van der Waals surface area contributed by atoms with Gasteiger partial charge in [-0.15, -0.1) is 0 Å². The molecule has 0 aliphatic carbocycles. The first-order chi connectivity index (χ1) is 8.70. The summed E-state index contributed by atoms with van der Waals surface area (Å²) in [5.41, 5.74) is 6.51. The lowest BCUT2D eigenvalue weighted by atomic mass is 10.1. The maximum Gasteiger partial charge on any atom is 0.249 e. The Hall–Kier alpha value is -1.46. The van der Waals surface area contributed by atoms with E-state index in [1.165, 1.54) is 0 Å². The van der Waals surface area contributed by atoms with E-state index in [9.17, 15) is 4.79 Å². The smallest absolute Gasteiger partial charge is 0.249 e. The molecular formula is C13H19N3O2. The summed E-state index contributed by atoms with van der Waals surface area (Å²) in [6.07, 6.45) is 4.73. The number of amides is 1. The van der Waals surface area contributed by atoms with Gasteiger partial charge in [-0.25, -0.2) is 0 Å². The molecular weight excluding hydrogens is 230 g/mol. The summed E-state index contributed by atoms with van der Waals surface area (Å²) in [6, 6.07) is 3.73. The topological polar surface area (TPSA) is 77.2 Å². The summed E-state index contributed by atoms with van der Waals surface area (Å²) in [7, 11) is 0. The molecule has 1 aromatic heterocycles. The molecule has 1 aromatic rings. The average molecular weight is 249 g/mol. The van der Waals surface area contributed by atoms with Gasteiger partial charge in [0.05, 0.1) is 12.1 Å². The lowest BCUT2D eigenvalue weighted by Gasteiger charge is -2.17. The van der Waals surface area contributed by atoms with Gasteiger partial charge in [0.25, 0.3) is 0 Å². The Bertz CT molecular complexity index is 396. The number of nitrogens with one attached hydrogen (secondary N) is 1. The normalized spacial score (nSPS) is 24.8. The number of pyridine rings is 1. The Labute approximate surface area is 107 Å². The number of aromatic nitrogens is 1. The Balaban J connectivity index is 1.88. The van der Waals surface area contributed by atoms with Crippen molar-refractivity contribution in [1.82, 2.24) is 10.3 Å². The van der Waals surface area contributed by atoms with E-state index in [1.54, 1.807) is 12.4 Å². The number of nitrogens with zero attached hydrogens (tertiary/aromatic N) is 1. The second-order valence-corrected chi connectivity index (χ2v) is 4.58. The molecule has 1 saturated heterocycles. The van der Waals surface area contributed by atoms with Crippen LogP contribution in [-0.2, 0) is 9.53 Å². The van der Waals surface area contributed by atoms with Crippen LogP contribution in [0.15, 0.2) is 24.5 Å². The van der Waals surface area contributed by atoms with Gasteiger partial charge in [-0.1, -0.05) is 6.07 Å². The molecule has 2 unspecified atom stereocenters. The van der Waals surface area contributed by atoms with Gasteiger partial charge in [-0.3, -0.25) is 9.78 Å². The van der Waals surface area contributed by atoms with Crippen LogP contribution in [0.1, 0.15) is 31.4 Å². The van der Waals surface area contributed by atoms with Crippen molar-refractivity contribution in [2.24, 2.45) is 5.73 Å². The molecule has 2 rings (SSSR count). The SMILES string of the molecule is C[C@@H](NC(=O)C1CCC(CN)O1)c1cccnc1. The van der Waals surface area contributed by atoms with Crippen molar-refractivity contribution in [2.75, 3.05) is 6.54 Å². The Morgan fingerprint density at radius 3 is 3.11 bits per heavy atom. The fourth-order valence-electron chi connectivity index (χ4n) is 2.09. The zero-order chi connectivity index (χ0) is 13.0. The summed E-state index contributed by atoms with van der Waals surface area (Å²) in [5, 5.41) is 2.94. The molecule has 3 N–H and O–H groups in total. The van der Waals surface area contributed by atoms with Crippen molar-refractivity contribution in [2.45, 2.75) is 38.0 Å². The number of ether oxygens (including phenoxy) is 1. The van der Waals surface area contributed by atoms with Crippen molar-refractivity contribution in [3.8, 4) is 0 Å². The zero-order valence-corrected chi connectivity index (χ0v) is 10.5. The molecule has 0 radical (unpaired) electrons. The van der Waals surface area contributed by atoms with Gasteiger partial charge in [-0.05, 0) is 31.4 Å². The molecule has 0 saturated carbocycles. The summed E-state index contributed by atoms with van der Waals surface area (Å²) in [4.78, 5) is 16.0. The van der Waals surface area contributed by atoms with Gasteiger partial charge < -0.3 is 15.8 Å². The molecule has 5 nitrogen and oxygen atoms in total. The molecule has 0 aromatic carbocycles. The Morgan fingerprint density at radius 1 is 1.67 bits per heavy atom. The minimum absolute atomic E-state index is 0.0226. The lowest BCUT2D eigenvalue weighted by Crippen LogP contribution is -2.37. The number of carbonyl (C=O) groups excluding carboxylic acids is 1. The van der Waals surface area contributed by atoms with Crippen LogP contribution in [0.4, 0.5) is 0 Å². The first kappa shape index (κ1) is 13.0. The Morgan fingerprint density at radius 2 is 2.50 bits per heavy atom. The van der Waals surface area contributed by atoms with Crippen molar-refractivity contribution in [3.63, 3.8) is 0 Å². The van der Waals surface area contributed by atoms with Crippen LogP contribution >= 0.6 is 0 Å². The van der Waals surface area contributed by atoms with E-state index in [0.29, 0.717) is 6.54 Å². The first-order valence-corrected chi connectivity index (χ1v) is 6.26.